The van der Waals surface area contributed by atoms with Gasteiger partial charge in [-0.2, -0.15) is 0 Å². The largest absolute Gasteiger partial charge is 0.444 e. The van der Waals surface area contributed by atoms with Gasteiger partial charge in [-0.15, -0.1) is 0 Å². The zero-order valence-electron chi connectivity index (χ0n) is 12.3. The highest BCUT2D eigenvalue weighted by molar-refractivity contribution is 6.35. The summed E-state index contributed by atoms with van der Waals surface area (Å²) in [5.41, 5.74) is -0.247. The number of carbonyl (C=O) groups is 2. The minimum absolute atomic E-state index is 0.359. The number of hydrogen-bond donors (Lipinski definition) is 2. The molecule has 1 aromatic carbocycles. The van der Waals surface area contributed by atoms with E-state index in [0.29, 0.717) is 15.7 Å². The second-order valence-electron chi connectivity index (χ2n) is 5.48. The van der Waals surface area contributed by atoms with E-state index in [9.17, 15) is 9.59 Å². The van der Waals surface area contributed by atoms with Crippen molar-refractivity contribution in [1.82, 2.24) is 5.32 Å². The molecule has 0 aliphatic rings. The Morgan fingerprint density at radius 1 is 1.24 bits per heavy atom. The van der Waals surface area contributed by atoms with Crippen molar-refractivity contribution in [3.05, 3.63) is 28.2 Å². The molecule has 1 atom stereocenters. The Bertz CT molecular complexity index is 542. The van der Waals surface area contributed by atoms with Crippen LogP contribution in [0.5, 0.6) is 0 Å². The molecule has 0 radical (unpaired) electrons. The number of benzene rings is 1. The van der Waals surface area contributed by atoms with E-state index in [0.717, 1.165) is 0 Å². The van der Waals surface area contributed by atoms with E-state index in [-0.39, 0.29) is 0 Å². The van der Waals surface area contributed by atoms with Crippen LogP contribution in [0.2, 0.25) is 10.0 Å². The first-order valence-electron chi connectivity index (χ1n) is 6.34. The zero-order chi connectivity index (χ0) is 16.2. The number of ether oxygens (including phenoxy) is 1. The van der Waals surface area contributed by atoms with E-state index in [1.807, 2.05) is 0 Å². The van der Waals surface area contributed by atoms with Gasteiger partial charge in [-0.1, -0.05) is 23.2 Å². The summed E-state index contributed by atoms with van der Waals surface area (Å²) in [5.74, 6) is -0.426. The van der Waals surface area contributed by atoms with Crippen molar-refractivity contribution < 1.29 is 14.3 Å². The van der Waals surface area contributed by atoms with Crippen molar-refractivity contribution in [3.8, 4) is 0 Å². The molecule has 0 saturated carbocycles. The first kappa shape index (κ1) is 17.6. The van der Waals surface area contributed by atoms with Crippen LogP contribution in [0.15, 0.2) is 18.2 Å². The molecule has 0 saturated heterocycles. The van der Waals surface area contributed by atoms with Crippen LogP contribution in [0.3, 0.4) is 0 Å². The third-order valence-electron chi connectivity index (χ3n) is 2.31. The summed E-state index contributed by atoms with van der Waals surface area (Å²) in [7, 11) is 0. The second kappa shape index (κ2) is 7.00. The van der Waals surface area contributed by atoms with Crippen LogP contribution in [0.25, 0.3) is 0 Å². The summed E-state index contributed by atoms with van der Waals surface area (Å²) in [6, 6.07) is 3.94. The molecular weight excluding hydrogens is 315 g/mol. The standard InChI is InChI=1S/C14H18Cl2N2O3/c1-8(17-13(20)21-14(2,3)4)12(19)18-11-7-9(15)5-6-10(11)16/h5-8H,1-4H3,(H,17,20)(H,18,19). The first-order valence-corrected chi connectivity index (χ1v) is 7.09. The average molecular weight is 333 g/mol. The van der Waals surface area contributed by atoms with Crippen LogP contribution >= 0.6 is 23.2 Å². The van der Waals surface area contributed by atoms with Crippen molar-refractivity contribution in [2.75, 3.05) is 5.32 Å². The van der Waals surface area contributed by atoms with Gasteiger partial charge >= 0.3 is 6.09 Å². The summed E-state index contributed by atoms with van der Waals surface area (Å²) in [4.78, 5) is 23.6. The molecule has 21 heavy (non-hydrogen) atoms. The monoisotopic (exact) mass is 332 g/mol. The molecule has 0 aliphatic carbocycles. The molecule has 1 unspecified atom stereocenters. The fraction of sp³-hybridized carbons (Fsp3) is 0.429. The first-order chi connectivity index (χ1) is 9.58. The van der Waals surface area contributed by atoms with Crippen molar-refractivity contribution >= 4 is 40.9 Å². The van der Waals surface area contributed by atoms with Crippen LogP contribution < -0.4 is 10.6 Å². The number of alkyl carbamates (subject to hydrolysis) is 1. The van der Waals surface area contributed by atoms with Gasteiger partial charge in [-0.25, -0.2) is 4.79 Å². The molecule has 0 aliphatic heterocycles. The third kappa shape index (κ3) is 6.23. The van der Waals surface area contributed by atoms with Gasteiger partial charge in [0.15, 0.2) is 0 Å². The number of amides is 2. The van der Waals surface area contributed by atoms with E-state index in [1.54, 1.807) is 32.9 Å². The van der Waals surface area contributed by atoms with Crippen LogP contribution in [0.1, 0.15) is 27.7 Å². The van der Waals surface area contributed by atoms with Crippen LogP contribution in [0.4, 0.5) is 10.5 Å². The normalized spacial score (nSPS) is 12.5. The van der Waals surface area contributed by atoms with Crippen molar-refractivity contribution in [2.45, 2.75) is 39.3 Å². The van der Waals surface area contributed by atoms with Crippen LogP contribution in [0, 0.1) is 0 Å². The lowest BCUT2D eigenvalue weighted by molar-refractivity contribution is -0.117. The molecule has 0 spiro atoms. The molecule has 0 fully saturated rings. The summed E-state index contributed by atoms with van der Waals surface area (Å²) in [6.07, 6.45) is -0.664. The molecule has 0 bridgehead atoms. The van der Waals surface area contributed by atoms with Crippen molar-refractivity contribution in [3.63, 3.8) is 0 Å². The molecule has 5 nitrogen and oxygen atoms in total. The molecule has 116 valence electrons. The van der Waals surface area contributed by atoms with E-state index >= 15 is 0 Å². The minimum atomic E-state index is -0.783. The van der Waals surface area contributed by atoms with Crippen molar-refractivity contribution in [1.29, 1.82) is 0 Å². The number of anilines is 1. The molecule has 0 aromatic heterocycles. The van der Waals surface area contributed by atoms with Gasteiger partial charge < -0.3 is 15.4 Å². The molecule has 2 amide bonds. The predicted octanol–water partition coefficient (Wildman–Crippen LogP) is 3.85. The Morgan fingerprint density at radius 3 is 2.43 bits per heavy atom. The molecule has 7 heteroatoms. The molecule has 0 heterocycles. The Kier molecular flexibility index (Phi) is 5.87. The van der Waals surface area contributed by atoms with Gasteiger partial charge in [0.1, 0.15) is 11.6 Å². The molecule has 2 N–H and O–H groups in total. The van der Waals surface area contributed by atoms with Crippen LogP contribution in [-0.4, -0.2) is 23.6 Å². The Labute approximate surface area is 133 Å². The molecule has 1 aromatic rings. The topological polar surface area (TPSA) is 67.4 Å². The van der Waals surface area contributed by atoms with Gasteiger partial charge in [0.05, 0.1) is 10.7 Å². The average Bonchev–Trinajstić information content (AvgIpc) is 2.31. The zero-order valence-corrected chi connectivity index (χ0v) is 13.8. The van der Waals surface area contributed by atoms with Crippen LogP contribution in [-0.2, 0) is 9.53 Å². The SMILES string of the molecule is CC(NC(=O)OC(C)(C)C)C(=O)Nc1cc(Cl)ccc1Cl. The second-order valence-corrected chi connectivity index (χ2v) is 6.32. The van der Waals surface area contributed by atoms with Gasteiger partial charge in [0.25, 0.3) is 0 Å². The number of nitrogens with one attached hydrogen (secondary N) is 2. The lowest BCUT2D eigenvalue weighted by Gasteiger charge is -2.21. The number of rotatable bonds is 3. The number of hydrogen-bond acceptors (Lipinski definition) is 3. The Morgan fingerprint density at radius 2 is 1.86 bits per heavy atom. The Balaban J connectivity index is 2.63. The molecular formula is C14H18Cl2N2O3. The number of carbonyl (C=O) groups excluding carboxylic acids is 2. The van der Waals surface area contributed by atoms with E-state index in [4.69, 9.17) is 27.9 Å². The van der Waals surface area contributed by atoms with E-state index in [2.05, 4.69) is 10.6 Å². The minimum Gasteiger partial charge on any atom is -0.444 e. The smallest absolute Gasteiger partial charge is 0.408 e. The summed E-state index contributed by atoms with van der Waals surface area (Å²) in [6.45, 7) is 6.76. The van der Waals surface area contributed by atoms with Gasteiger partial charge in [-0.05, 0) is 45.9 Å². The highest BCUT2D eigenvalue weighted by atomic mass is 35.5. The maximum atomic E-state index is 12.0. The number of halogens is 2. The lowest BCUT2D eigenvalue weighted by Crippen LogP contribution is -2.44. The highest BCUT2D eigenvalue weighted by Gasteiger charge is 2.21. The summed E-state index contributed by atoms with van der Waals surface area (Å²) >= 11 is 11.8. The molecule has 1 rings (SSSR count). The van der Waals surface area contributed by atoms with Gasteiger partial charge in [-0.3, -0.25) is 4.79 Å². The maximum Gasteiger partial charge on any atom is 0.408 e. The maximum absolute atomic E-state index is 12.0. The fourth-order valence-electron chi connectivity index (χ4n) is 1.38. The summed E-state index contributed by atoms with van der Waals surface area (Å²) in [5, 5.41) is 5.84. The van der Waals surface area contributed by atoms with E-state index in [1.165, 1.54) is 13.0 Å². The lowest BCUT2D eigenvalue weighted by atomic mass is 10.2. The van der Waals surface area contributed by atoms with E-state index < -0.39 is 23.6 Å². The fourth-order valence-corrected chi connectivity index (χ4v) is 1.72. The quantitative estimate of drug-likeness (QED) is 0.883. The summed E-state index contributed by atoms with van der Waals surface area (Å²) < 4.78 is 5.07. The van der Waals surface area contributed by atoms with Gasteiger partial charge in [0, 0.05) is 5.02 Å². The van der Waals surface area contributed by atoms with Gasteiger partial charge in [0.2, 0.25) is 5.91 Å². The van der Waals surface area contributed by atoms with Crippen molar-refractivity contribution in [2.24, 2.45) is 0 Å². The highest BCUT2D eigenvalue weighted by Crippen LogP contribution is 2.25. The Hall–Kier alpha value is -1.46. The predicted molar refractivity (Wildman–Crippen MR) is 83.9 cm³/mol. The third-order valence-corrected chi connectivity index (χ3v) is 2.88.